The molecule has 1 aromatic heterocycles. The lowest BCUT2D eigenvalue weighted by atomic mass is 10.2. The molecule has 0 amide bonds. The van der Waals surface area contributed by atoms with Crippen LogP contribution < -0.4 is 15.4 Å². The summed E-state index contributed by atoms with van der Waals surface area (Å²) in [5.41, 5.74) is 8.90. The third-order valence-electron chi connectivity index (χ3n) is 2.90. The monoisotopic (exact) mass is 271 g/mol. The van der Waals surface area contributed by atoms with Gasteiger partial charge in [-0.1, -0.05) is 0 Å². The molecule has 0 bridgehead atoms. The Labute approximate surface area is 120 Å². The molecule has 1 heterocycles. The van der Waals surface area contributed by atoms with Crippen LogP contribution in [0, 0.1) is 0 Å². The van der Waals surface area contributed by atoms with Crippen molar-refractivity contribution < 1.29 is 4.74 Å². The van der Waals surface area contributed by atoms with E-state index in [2.05, 4.69) is 9.88 Å². The average Bonchev–Trinajstić information content (AvgIpc) is 2.38. The third-order valence-corrected chi connectivity index (χ3v) is 2.90. The van der Waals surface area contributed by atoms with Crippen LogP contribution in [0.3, 0.4) is 0 Å². The van der Waals surface area contributed by atoms with Crippen molar-refractivity contribution in [1.29, 1.82) is 0 Å². The smallest absolute Gasteiger partial charge is 0.123 e. The first kappa shape index (κ1) is 14.2. The van der Waals surface area contributed by atoms with Gasteiger partial charge in [-0.25, -0.2) is 0 Å². The number of hydrogen-bond donors (Lipinski definition) is 1. The van der Waals surface area contributed by atoms with Crippen molar-refractivity contribution in [2.45, 2.75) is 26.5 Å². The zero-order valence-electron chi connectivity index (χ0n) is 12.2. The molecule has 0 aliphatic heterocycles. The van der Waals surface area contributed by atoms with Crippen LogP contribution in [-0.2, 0) is 6.54 Å². The highest BCUT2D eigenvalue weighted by Gasteiger charge is 2.07. The van der Waals surface area contributed by atoms with Gasteiger partial charge in [0.25, 0.3) is 0 Å². The van der Waals surface area contributed by atoms with Crippen molar-refractivity contribution in [3.63, 3.8) is 0 Å². The summed E-state index contributed by atoms with van der Waals surface area (Å²) in [6.45, 7) is 4.81. The highest BCUT2D eigenvalue weighted by atomic mass is 16.5. The maximum absolute atomic E-state index is 5.95. The molecule has 0 saturated carbocycles. The standard InChI is InChI=1S/C16H21N3O/c1-12(2)20-16-9-14(17)8-15(10-16)19(3)11-13-4-6-18-7-5-13/h4-10,12H,11,17H2,1-3H3. The number of hydrogen-bond acceptors (Lipinski definition) is 4. The topological polar surface area (TPSA) is 51.4 Å². The summed E-state index contributed by atoms with van der Waals surface area (Å²) in [6, 6.07) is 9.83. The lowest BCUT2D eigenvalue weighted by Gasteiger charge is -2.21. The number of rotatable bonds is 5. The van der Waals surface area contributed by atoms with Crippen LogP contribution in [0.1, 0.15) is 19.4 Å². The van der Waals surface area contributed by atoms with Crippen LogP contribution in [0.4, 0.5) is 11.4 Å². The predicted octanol–water partition coefficient (Wildman–Crippen LogP) is 3.09. The summed E-state index contributed by atoms with van der Waals surface area (Å²) in [4.78, 5) is 6.17. The number of nitrogens with two attached hydrogens (primary N) is 1. The van der Waals surface area contributed by atoms with E-state index in [1.165, 1.54) is 5.56 Å². The zero-order valence-corrected chi connectivity index (χ0v) is 12.2. The summed E-state index contributed by atoms with van der Waals surface area (Å²) >= 11 is 0. The van der Waals surface area contributed by atoms with Crippen molar-refractivity contribution in [2.75, 3.05) is 17.7 Å². The van der Waals surface area contributed by atoms with Gasteiger partial charge in [-0.3, -0.25) is 4.98 Å². The van der Waals surface area contributed by atoms with E-state index in [1.54, 1.807) is 12.4 Å². The second-order valence-electron chi connectivity index (χ2n) is 5.14. The summed E-state index contributed by atoms with van der Waals surface area (Å²) in [5, 5.41) is 0. The first-order chi connectivity index (χ1) is 9.54. The van der Waals surface area contributed by atoms with E-state index >= 15 is 0 Å². The number of pyridine rings is 1. The molecule has 0 radical (unpaired) electrons. The van der Waals surface area contributed by atoms with E-state index in [9.17, 15) is 0 Å². The molecule has 0 saturated heterocycles. The van der Waals surface area contributed by atoms with Crippen LogP contribution >= 0.6 is 0 Å². The van der Waals surface area contributed by atoms with Crippen LogP contribution in [0.25, 0.3) is 0 Å². The quantitative estimate of drug-likeness (QED) is 0.849. The molecule has 4 nitrogen and oxygen atoms in total. The Kier molecular flexibility index (Phi) is 4.45. The summed E-state index contributed by atoms with van der Waals surface area (Å²) in [6.07, 6.45) is 3.74. The van der Waals surface area contributed by atoms with Crippen molar-refractivity contribution >= 4 is 11.4 Å². The molecule has 0 fully saturated rings. The van der Waals surface area contributed by atoms with Crippen molar-refractivity contribution in [2.24, 2.45) is 0 Å². The molecule has 0 aliphatic carbocycles. The maximum Gasteiger partial charge on any atom is 0.123 e. The van der Waals surface area contributed by atoms with Gasteiger partial charge in [0.1, 0.15) is 5.75 Å². The summed E-state index contributed by atoms with van der Waals surface area (Å²) in [5.74, 6) is 0.802. The van der Waals surface area contributed by atoms with E-state index in [1.807, 2.05) is 51.2 Å². The van der Waals surface area contributed by atoms with Crippen molar-refractivity contribution in [3.05, 3.63) is 48.3 Å². The maximum atomic E-state index is 5.95. The molecular weight excluding hydrogens is 250 g/mol. The molecule has 2 rings (SSSR count). The number of nitrogen functional groups attached to an aromatic ring is 1. The summed E-state index contributed by atoms with van der Waals surface area (Å²) < 4.78 is 5.72. The van der Waals surface area contributed by atoms with Gasteiger partial charge < -0.3 is 15.4 Å². The van der Waals surface area contributed by atoms with Gasteiger partial charge in [-0.05, 0) is 37.6 Å². The van der Waals surface area contributed by atoms with E-state index in [4.69, 9.17) is 10.5 Å². The van der Waals surface area contributed by atoms with E-state index < -0.39 is 0 Å². The molecule has 0 atom stereocenters. The zero-order chi connectivity index (χ0) is 14.5. The Balaban J connectivity index is 2.16. The lowest BCUT2D eigenvalue weighted by molar-refractivity contribution is 0.242. The second kappa shape index (κ2) is 6.28. The number of benzene rings is 1. The number of aromatic nitrogens is 1. The van der Waals surface area contributed by atoms with E-state index in [-0.39, 0.29) is 6.10 Å². The SMILES string of the molecule is CC(C)Oc1cc(N)cc(N(C)Cc2ccncc2)c1. The van der Waals surface area contributed by atoms with Crippen LogP contribution in [0.2, 0.25) is 0 Å². The fourth-order valence-electron chi connectivity index (χ4n) is 2.02. The molecule has 4 heteroatoms. The minimum atomic E-state index is 0.134. The lowest BCUT2D eigenvalue weighted by Crippen LogP contribution is -2.17. The van der Waals surface area contributed by atoms with Gasteiger partial charge in [-0.2, -0.15) is 0 Å². The minimum absolute atomic E-state index is 0.134. The van der Waals surface area contributed by atoms with Gasteiger partial charge in [0.15, 0.2) is 0 Å². The molecule has 1 aromatic carbocycles. The summed E-state index contributed by atoms with van der Waals surface area (Å²) in [7, 11) is 2.04. The van der Waals surface area contributed by atoms with Crippen molar-refractivity contribution in [3.8, 4) is 5.75 Å². The molecule has 0 unspecified atom stereocenters. The molecule has 0 aliphatic rings. The normalized spacial score (nSPS) is 10.6. The first-order valence-corrected chi connectivity index (χ1v) is 6.72. The molecule has 20 heavy (non-hydrogen) atoms. The van der Waals surface area contributed by atoms with Gasteiger partial charge in [0.2, 0.25) is 0 Å². The Bertz CT molecular complexity index is 555. The fourth-order valence-corrected chi connectivity index (χ4v) is 2.02. The van der Waals surface area contributed by atoms with Gasteiger partial charge in [-0.15, -0.1) is 0 Å². The van der Waals surface area contributed by atoms with Crippen LogP contribution in [-0.4, -0.2) is 18.1 Å². The number of ether oxygens (including phenoxy) is 1. The second-order valence-corrected chi connectivity index (χ2v) is 5.14. The van der Waals surface area contributed by atoms with Crippen molar-refractivity contribution in [1.82, 2.24) is 4.98 Å². The molecular formula is C16H21N3O. The van der Waals surface area contributed by atoms with E-state index in [0.717, 1.165) is 18.0 Å². The Morgan fingerprint density at radius 3 is 2.55 bits per heavy atom. The third kappa shape index (κ3) is 3.88. The first-order valence-electron chi connectivity index (χ1n) is 6.72. The van der Waals surface area contributed by atoms with Gasteiger partial charge in [0, 0.05) is 49.5 Å². The molecule has 2 aromatic rings. The van der Waals surface area contributed by atoms with Gasteiger partial charge >= 0.3 is 0 Å². The molecule has 106 valence electrons. The Morgan fingerprint density at radius 1 is 1.20 bits per heavy atom. The van der Waals surface area contributed by atoms with E-state index in [0.29, 0.717) is 5.69 Å². The Morgan fingerprint density at radius 2 is 1.90 bits per heavy atom. The highest BCUT2D eigenvalue weighted by molar-refractivity contribution is 5.60. The largest absolute Gasteiger partial charge is 0.491 e. The number of anilines is 2. The predicted molar refractivity (Wildman–Crippen MR) is 83.0 cm³/mol. The van der Waals surface area contributed by atoms with Crippen LogP contribution in [0.15, 0.2) is 42.7 Å². The Hall–Kier alpha value is -2.23. The van der Waals surface area contributed by atoms with Crippen LogP contribution in [0.5, 0.6) is 5.75 Å². The highest BCUT2D eigenvalue weighted by Crippen LogP contribution is 2.26. The molecule has 0 spiro atoms. The number of nitrogens with zero attached hydrogens (tertiary/aromatic N) is 2. The van der Waals surface area contributed by atoms with Gasteiger partial charge in [0.05, 0.1) is 6.10 Å². The fraction of sp³-hybridized carbons (Fsp3) is 0.312. The minimum Gasteiger partial charge on any atom is -0.491 e. The molecule has 2 N–H and O–H groups in total. The average molecular weight is 271 g/mol.